The third-order valence-electron chi connectivity index (χ3n) is 3.79. The van der Waals surface area contributed by atoms with Crippen LogP contribution >= 0.6 is 12.4 Å². The second-order valence-corrected chi connectivity index (χ2v) is 6.25. The average Bonchev–Trinajstić information content (AvgIpc) is 2.56. The summed E-state index contributed by atoms with van der Waals surface area (Å²) < 4.78 is 10.6. The van der Waals surface area contributed by atoms with Gasteiger partial charge in [-0.2, -0.15) is 0 Å². The van der Waals surface area contributed by atoms with Gasteiger partial charge in [0.15, 0.2) is 11.5 Å². The van der Waals surface area contributed by atoms with E-state index in [1.807, 2.05) is 30.0 Å². The number of hydrogen-bond donors (Lipinski definition) is 1. The van der Waals surface area contributed by atoms with E-state index in [4.69, 9.17) is 15.2 Å². The van der Waals surface area contributed by atoms with Gasteiger partial charge >= 0.3 is 0 Å². The van der Waals surface area contributed by atoms with Crippen LogP contribution in [-0.4, -0.2) is 44.7 Å². The molecule has 0 heterocycles. The third kappa shape index (κ3) is 6.57. The zero-order valence-electron chi connectivity index (χ0n) is 15.4. The molecule has 0 radical (unpaired) electrons. The Labute approximate surface area is 151 Å². The van der Waals surface area contributed by atoms with Crippen LogP contribution in [0, 0.1) is 11.8 Å². The number of carbonyl (C=O) groups is 1. The summed E-state index contributed by atoms with van der Waals surface area (Å²) >= 11 is 0. The molecule has 0 saturated heterocycles. The Morgan fingerprint density at radius 2 is 1.79 bits per heavy atom. The second kappa shape index (κ2) is 11.2. The molecule has 138 valence electrons. The van der Waals surface area contributed by atoms with E-state index in [9.17, 15) is 4.79 Å². The number of nitrogens with zero attached hydrogens (tertiary/aromatic N) is 1. The molecule has 0 saturated carbocycles. The Hall–Kier alpha value is -1.46. The van der Waals surface area contributed by atoms with Crippen LogP contribution in [0.4, 0.5) is 0 Å². The molecule has 0 aromatic heterocycles. The number of rotatable bonds is 9. The Bertz CT molecular complexity index is 509. The fourth-order valence-corrected chi connectivity index (χ4v) is 2.44. The van der Waals surface area contributed by atoms with Gasteiger partial charge in [0.2, 0.25) is 5.91 Å². The predicted octanol–water partition coefficient (Wildman–Crippen LogP) is 2.75. The molecule has 0 spiro atoms. The van der Waals surface area contributed by atoms with Crippen molar-refractivity contribution in [3.63, 3.8) is 0 Å². The van der Waals surface area contributed by atoms with Crippen LogP contribution in [0.5, 0.6) is 11.5 Å². The molecule has 1 rings (SSSR count). The van der Waals surface area contributed by atoms with E-state index in [2.05, 4.69) is 13.8 Å². The number of ether oxygens (including phenoxy) is 2. The Morgan fingerprint density at radius 3 is 2.29 bits per heavy atom. The van der Waals surface area contributed by atoms with E-state index in [-0.39, 0.29) is 24.2 Å². The van der Waals surface area contributed by atoms with Crippen molar-refractivity contribution in [1.29, 1.82) is 0 Å². The van der Waals surface area contributed by atoms with Gasteiger partial charge in [-0.3, -0.25) is 4.79 Å². The van der Waals surface area contributed by atoms with Crippen LogP contribution in [0.2, 0.25) is 0 Å². The van der Waals surface area contributed by atoms with Crippen molar-refractivity contribution in [1.82, 2.24) is 4.90 Å². The van der Waals surface area contributed by atoms with Crippen molar-refractivity contribution in [3.8, 4) is 11.5 Å². The highest BCUT2D eigenvalue weighted by atomic mass is 35.5. The average molecular weight is 359 g/mol. The van der Waals surface area contributed by atoms with E-state index < -0.39 is 0 Å². The number of methoxy groups -OCH3 is 2. The molecule has 2 N–H and O–H groups in total. The summed E-state index contributed by atoms with van der Waals surface area (Å²) in [4.78, 5) is 14.4. The summed E-state index contributed by atoms with van der Waals surface area (Å²) in [5.74, 6) is 1.83. The normalized spacial score (nSPS) is 11.6. The van der Waals surface area contributed by atoms with Gasteiger partial charge in [0.1, 0.15) is 0 Å². The van der Waals surface area contributed by atoms with Crippen LogP contribution in [0.15, 0.2) is 18.2 Å². The van der Waals surface area contributed by atoms with Crippen molar-refractivity contribution in [3.05, 3.63) is 23.8 Å². The first kappa shape index (κ1) is 22.5. The molecule has 1 unspecified atom stereocenters. The zero-order valence-corrected chi connectivity index (χ0v) is 16.2. The fourth-order valence-electron chi connectivity index (χ4n) is 2.44. The van der Waals surface area contributed by atoms with E-state index in [0.717, 1.165) is 18.5 Å². The maximum absolute atomic E-state index is 12.5. The summed E-state index contributed by atoms with van der Waals surface area (Å²) in [5.41, 5.74) is 6.76. The SMILES string of the molecule is COc1ccc(CCN(CC(C)C)C(=O)C(C)CN)cc1OC.Cl. The summed E-state index contributed by atoms with van der Waals surface area (Å²) in [6, 6.07) is 5.86. The minimum atomic E-state index is -0.140. The molecule has 24 heavy (non-hydrogen) atoms. The smallest absolute Gasteiger partial charge is 0.226 e. The molecule has 0 fully saturated rings. The Morgan fingerprint density at radius 1 is 1.17 bits per heavy atom. The molecule has 1 aromatic carbocycles. The van der Waals surface area contributed by atoms with Crippen LogP contribution in [-0.2, 0) is 11.2 Å². The van der Waals surface area contributed by atoms with E-state index in [1.165, 1.54) is 0 Å². The molecule has 1 amide bonds. The molecular formula is C18H31ClN2O3. The molecule has 0 bridgehead atoms. The first-order chi connectivity index (χ1) is 10.9. The number of halogens is 1. The van der Waals surface area contributed by atoms with Gasteiger partial charge in [-0.05, 0) is 30.0 Å². The number of hydrogen-bond acceptors (Lipinski definition) is 4. The van der Waals surface area contributed by atoms with Crippen molar-refractivity contribution in [2.75, 3.05) is 33.9 Å². The summed E-state index contributed by atoms with van der Waals surface area (Å²) in [6.45, 7) is 7.91. The Kier molecular flexibility index (Phi) is 10.5. The van der Waals surface area contributed by atoms with Gasteiger partial charge in [-0.15, -0.1) is 12.4 Å². The van der Waals surface area contributed by atoms with Gasteiger partial charge < -0.3 is 20.1 Å². The number of benzene rings is 1. The lowest BCUT2D eigenvalue weighted by Gasteiger charge is -2.27. The van der Waals surface area contributed by atoms with Gasteiger partial charge in [0, 0.05) is 25.6 Å². The lowest BCUT2D eigenvalue weighted by Crippen LogP contribution is -2.41. The third-order valence-corrected chi connectivity index (χ3v) is 3.79. The molecule has 0 aliphatic heterocycles. The summed E-state index contributed by atoms with van der Waals surface area (Å²) in [6.07, 6.45) is 0.774. The lowest BCUT2D eigenvalue weighted by atomic mass is 10.1. The highest BCUT2D eigenvalue weighted by Gasteiger charge is 2.20. The Balaban J connectivity index is 0.00000529. The molecule has 5 nitrogen and oxygen atoms in total. The summed E-state index contributed by atoms with van der Waals surface area (Å²) in [7, 11) is 3.24. The monoisotopic (exact) mass is 358 g/mol. The predicted molar refractivity (Wildman–Crippen MR) is 100 cm³/mol. The number of amides is 1. The van der Waals surface area contributed by atoms with Crippen molar-refractivity contribution in [2.24, 2.45) is 17.6 Å². The molecule has 0 aliphatic carbocycles. The summed E-state index contributed by atoms with van der Waals surface area (Å²) in [5, 5.41) is 0. The topological polar surface area (TPSA) is 64.8 Å². The lowest BCUT2D eigenvalue weighted by molar-refractivity contribution is -0.135. The minimum absolute atomic E-state index is 0. The second-order valence-electron chi connectivity index (χ2n) is 6.25. The van der Waals surface area contributed by atoms with Crippen molar-refractivity contribution in [2.45, 2.75) is 27.2 Å². The van der Waals surface area contributed by atoms with E-state index in [1.54, 1.807) is 14.2 Å². The number of nitrogens with two attached hydrogens (primary N) is 1. The minimum Gasteiger partial charge on any atom is -0.493 e. The first-order valence-electron chi connectivity index (χ1n) is 8.12. The maximum Gasteiger partial charge on any atom is 0.226 e. The quantitative estimate of drug-likeness (QED) is 0.737. The highest BCUT2D eigenvalue weighted by molar-refractivity contribution is 5.85. The molecule has 1 atom stereocenters. The molecule has 1 aromatic rings. The zero-order chi connectivity index (χ0) is 17.4. The number of carbonyl (C=O) groups excluding carboxylic acids is 1. The van der Waals surface area contributed by atoms with Gasteiger partial charge in [0.05, 0.1) is 14.2 Å². The van der Waals surface area contributed by atoms with Crippen molar-refractivity contribution >= 4 is 18.3 Å². The van der Waals surface area contributed by atoms with Crippen LogP contribution in [0.1, 0.15) is 26.3 Å². The fraction of sp³-hybridized carbons (Fsp3) is 0.611. The van der Waals surface area contributed by atoms with Crippen molar-refractivity contribution < 1.29 is 14.3 Å². The van der Waals surface area contributed by atoms with Crippen LogP contribution in [0.3, 0.4) is 0 Å². The molecular weight excluding hydrogens is 328 g/mol. The standard InChI is InChI=1S/C18H30N2O3.ClH/c1-13(2)12-20(18(21)14(3)11-19)9-8-15-6-7-16(22-4)17(10-15)23-5;/h6-7,10,13-14H,8-9,11-12,19H2,1-5H3;1H. The van der Waals surface area contributed by atoms with E-state index in [0.29, 0.717) is 30.5 Å². The van der Waals surface area contributed by atoms with Crippen LogP contribution < -0.4 is 15.2 Å². The largest absolute Gasteiger partial charge is 0.493 e. The van der Waals surface area contributed by atoms with E-state index >= 15 is 0 Å². The first-order valence-corrected chi connectivity index (χ1v) is 8.12. The highest BCUT2D eigenvalue weighted by Crippen LogP contribution is 2.27. The molecule has 6 heteroatoms. The maximum atomic E-state index is 12.5. The molecule has 0 aliphatic rings. The van der Waals surface area contributed by atoms with Crippen LogP contribution in [0.25, 0.3) is 0 Å². The van der Waals surface area contributed by atoms with Gasteiger partial charge in [-0.1, -0.05) is 26.8 Å². The van der Waals surface area contributed by atoms with Gasteiger partial charge in [-0.25, -0.2) is 0 Å². The van der Waals surface area contributed by atoms with Gasteiger partial charge in [0.25, 0.3) is 0 Å².